The molecule has 0 aliphatic carbocycles. The van der Waals surface area contributed by atoms with Gasteiger partial charge in [0.05, 0.1) is 5.56 Å². The first kappa shape index (κ1) is 14.9. The van der Waals surface area contributed by atoms with E-state index in [-0.39, 0.29) is 0 Å². The predicted molar refractivity (Wildman–Crippen MR) is 78.4 cm³/mol. The van der Waals surface area contributed by atoms with Crippen LogP contribution in [0.1, 0.15) is 23.1 Å². The van der Waals surface area contributed by atoms with E-state index in [1.54, 1.807) is 6.08 Å². The van der Waals surface area contributed by atoms with Crippen LogP contribution in [0.3, 0.4) is 0 Å². The van der Waals surface area contributed by atoms with Gasteiger partial charge in [-0.2, -0.15) is 13.2 Å². The molecule has 0 fully saturated rings. The van der Waals surface area contributed by atoms with Gasteiger partial charge in [-0.3, -0.25) is 0 Å². The van der Waals surface area contributed by atoms with E-state index in [4.69, 9.17) is 0 Å². The van der Waals surface area contributed by atoms with Crippen molar-refractivity contribution in [2.45, 2.75) is 12.6 Å². The van der Waals surface area contributed by atoms with Crippen molar-refractivity contribution >= 4 is 6.08 Å². The molecule has 0 saturated heterocycles. The third kappa shape index (κ3) is 4.85. The van der Waals surface area contributed by atoms with E-state index in [0.717, 1.165) is 23.3 Å². The van der Waals surface area contributed by atoms with Crippen molar-refractivity contribution in [3.63, 3.8) is 0 Å². The van der Waals surface area contributed by atoms with Crippen LogP contribution >= 0.6 is 0 Å². The SMILES string of the molecule is FC(F)(F)c1ccc(/C=C/CC#Cc2ccccc2)cc1. The van der Waals surface area contributed by atoms with Crippen LogP contribution < -0.4 is 0 Å². The van der Waals surface area contributed by atoms with Gasteiger partial charge in [0, 0.05) is 12.0 Å². The lowest BCUT2D eigenvalue weighted by Crippen LogP contribution is -2.03. The number of rotatable bonds is 2. The van der Waals surface area contributed by atoms with Crippen molar-refractivity contribution < 1.29 is 13.2 Å². The molecule has 2 aromatic rings. The topological polar surface area (TPSA) is 0 Å². The molecule has 0 nitrogen and oxygen atoms in total. The fourth-order valence-corrected chi connectivity index (χ4v) is 1.71. The first-order valence-electron chi connectivity index (χ1n) is 6.43. The average Bonchev–Trinajstić information content (AvgIpc) is 2.47. The molecule has 21 heavy (non-hydrogen) atoms. The fraction of sp³-hybridized carbons (Fsp3) is 0.111. The fourth-order valence-electron chi connectivity index (χ4n) is 1.71. The van der Waals surface area contributed by atoms with Gasteiger partial charge in [-0.1, -0.05) is 54.3 Å². The zero-order valence-corrected chi connectivity index (χ0v) is 11.2. The third-order valence-electron chi connectivity index (χ3n) is 2.77. The Hall–Kier alpha value is -2.47. The summed E-state index contributed by atoms with van der Waals surface area (Å²) in [5.74, 6) is 6.00. The van der Waals surface area contributed by atoms with E-state index >= 15 is 0 Å². The molecular weight excluding hydrogens is 273 g/mol. The summed E-state index contributed by atoms with van der Waals surface area (Å²) in [6.07, 6.45) is -0.141. The first-order chi connectivity index (χ1) is 10.1. The van der Waals surface area contributed by atoms with E-state index in [0.29, 0.717) is 6.42 Å². The molecule has 0 aliphatic rings. The molecular formula is C18H13F3. The van der Waals surface area contributed by atoms with Crippen molar-refractivity contribution in [1.82, 2.24) is 0 Å². The Kier molecular flexibility index (Phi) is 4.84. The van der Waals surface area contributed by atoms with Gasteiger partial charge < -0.3 is 0 Å². The van der Waals surface area contributed by atoms with Crippen LogP contribution in [0.15, 0.2) is 60.7 Å². The van der Waals surface area contributed by atoms with Gasteiger partial charge in [0.15, 0.2) is 0 Å². The smallest absolute Gasteiger partial charge is 0.166 e. The highest BCUT2D eigenvalue weighted by molar-refractivity contribution is 5.50. The summed E-state index contributed by atoms with van der Waals surface area (Å²) in [7, 11) is 0. The lowest BCUT2D eigenvalue weighted by atomic mass is 10.1. The first-order valence-corrected chi connectivity index (χ1v) is 6.43. The highest BCUT2D eigenvalue weighted by atomic mass is 19.4. The Morgan fingerprint density at radius 1 is 0.905 bits per heavy atom. The Balaban J connectivity index is 1.92. The second-order valence-electron chi connectivity index (χ2n) is 4.39. The Bertz CT molecular complexity index is 654. The van der Waals surface area contributed by atoms with Gasteiger partial charge in [0.25, 0.3) is 0 Å². The quantitative estimate of drug-likeness (QED) is 0.669. The standard InChI is InChI=1S/C18H13F3/c19-18(20,21)17-13-11-16(12-14-17)10-6-2-5-9-15-7-3-1-4-8-15/h1,3-4,6-8,10-14H,2H2/b10-6+. The van der Waals surface area contributed by atoms with Crippen molar-refractivity contribution in [2.24, 2.45) is 0 Å². The Morgan fingerprint density at radius 2 is 1.57 bits per heavy atom. The minimum Gasteiger partial charge on any atom is -0.166 e. The molecule has 0 unspecified atom stereocenters. The Morgan fingerprint density at radius 3 is 2.19 bits per heavy atom. The minimum absolute atomic E-state index is 0.552. The number of hydrogen-bond acceptors (Lipinski definition) is 0. The van der Waals surface area contributed by atoms with Crippen LogP contribution in [0.25, 0.3) is 6.08 Å². The Labute approximate surface area is 121 Å². The molecule has 0 aliphatic heterocycles. The number of hydrogen-bond donors (Lipinski definition) is 0. The van der Waals surface area contributed by atoms with Gasteiger partial charge in [-0.15, -0.1) is 0 Å². The summed E-state index contributed by atoms with van der Waals surface area (Å²) in [5, 5.41) is 0. The third-order valence-corrected chi connectivity index (χ3v) is 2.77. The number of benzene rings is 2. The summed E-state index contributed by atoms with van der Waals surface area (Å²) in [5.41, 5.74) is 1.04. The van der Waals surface area contributed by atoms with Gasteiger partial charge in [0.2, 0.25) is 0 Å². The molecule has 0 aromatic heterocycles. The monoisotopic (exact) mass is 286 g/mol. The van der Waals surface area contributed by atoms with E-state index in [9.17, 15) is 13.2 Å². The molecule has 106 valence electrons. The maximum atomic E-state index is 12.4. The van der Waals surface area contributed by atoms with Crippen molar-refractivity contribution in [3.05, 3.63) is 77.4 Å². The molecule has 0 spiro atoms. The van der Waals surface area contributed by atoms with Crippen LogP contribution in [-0.4, -0.2) is 0 Å². The van der Waals surface area contributed by atoms with Crippen LogP contribution in [0.5, 0.6) is 0 Å². The number of halogens is 3. The molecule has 0 N–H and O–H groups in total. The minimum atomic E-state index is -4.29. The molecule has 0 saturated carbocycles. The van der Waals surface area contributed by atoms with Gasteiger partial charge in [-0.05, 0) is 29.8 Å². The molecule has 2 aromatic carbocycles. The van der Waals surface area contributed by atoms with Gasteiger partial charge in [0.1, 0.15) is 0 Å². The predicted octanol–water partition coefficient (Wildman–Crippen LogP) is 5.16. The maximum Gasteiger partial charge on any atom is 0.416 e. The highest BCUT2D eigenvalue weighted by Gasteiger charge is 2.29. The maximum absolute atomic E-state index is 12.4. The molecule has 0 amide bonds. The van der Waals surface area contributed by atoms with Gasteiger partial charge in [-0.25, -0.2) is 0 Å². The second-order valence-corrected chi connectivity index (χ2v) is 4.39. The van der Waals surface area contributed by atoms with E-state index < -0.39 is 11.7 Å². The zero-order chi connectivity index (χ0) is 15.1. The molecule has 3 heteroatoms. The van der Waals surface area contributed by atoms with Crippen molar-refractivity contribution in [3.8, 4) is 11.8 Å². The summed E-state index contributed by atoms with van der Waals surface area (Å²) >= 11 is 0. The lowest BCUT2D eigenvalue weighted by Gasteiger charge is -2.05. The van der Waals surface area contributed by atoms with Crippen molar-refractivity contribution in [2.75, 3.05) is 0 Å². The molecule has 2 rings (SSSR count). The van der Waals surface area contributed by atoms with Crippen LogP contribution in [0.4, 0.5) is 13.2 Å². The number of allylic oxidation sites excluding steroid dienone is 1. The molecule has 0 bridgehead atoms. The van der Waals surface area contributed by atoms with Crippen LogP contribution in [0.2, 0.25) is 0 Å². The zero-order valence-electron chi connectivity index (χ0n) is 11.2. The van der Waals surface area contributed by atoms with E-state index in [2.05, 4.69) is 11.8 Å². The molecule has 0 radical (unpaired) electrons. The number of alkyl halides is 3. The second kappa shape index (κ2) is 6.81. The molecule has 0 atom stereocenters. The van der Waals surface area contributed by atoms with Crippen LogP contribution in [0, 0.1) is 11.8 Å². The van der Waals surface area contributed by atoms with Crippen LogP contribution in [-0.2, 0) is 6.18 Å². The summed E-state index contributed by atoms with van der Waals surface area (Å²) in [6.45, 7) is 0. The van der Waals surface area contributed by atoms with E-state index in [1.165, 1.54) is 12.1 Å². The van der Waals surface area contributed by atoms with E-state index in [1.807, 2.05) is 36.4 Å². The average molecular weight is 286 g/mol. The summed E-state index contributed by atoms with van der Waals surface area (Å²) < 4.78 is 37.2. The largest absolute Gasteiger partial charge is 0.416 e. The highest BCUT2D eigenvalue weighted by Crippen LogP contribution is 2.29. The molecule has 0 heterocycles. The lowest BCUT2D eigenvalue weighted by molar-refractivity contribution is -0.137. The van der Waals surface area contributed by atoms with Gasteiger partial charge >= 0.3 is 6.18 Å². The summed E-state index contributed by atoms with van der Waals surface area (Å²) in [6, 6.07) is 14.7. The normalized spacial score (nSPS) is 11.2. The summed E-state index contributed by atoms with van der Waals surface area (Å²) in [4.78, 5) is 0. The van der Waals surface area contributed by atoms with Crippen molar-refractivity contribution in [1.29, 1.82) is 0 Å².